The first-order chi connectivity index (χ1) is 10.1. The van der Waals surface area contributed by atoms with Crippen molar-refractivity contribution in [2.45, 2.75) is 26.8 Å². The van der Waals surface area contributed by atoms with Crippen LogP contribution in [0.2, 0.25) is 0 Å². The third-order valence-electron chi connectivity index (χ3n) is 3.37. The van der Waals surface area contributed by atoms with Crippen molar-refractivity contribution < 1.29 is 9.53 Å². The Morgan fingerprint density at radius 3 is 2.67 bits per heavy atom. The molecule has 0 radical (unpaired) electrons. The van der Waals surface area contributed by atoms with Crippen LogP contribution in [-0.4, -0.2) is 34.7 Å². The molecule has 2 rings (SSSR count). The molecule has 5 heteroatoms. The molecule has 0 atom stereocenters. The van der Waals surface area contributed by atoms with Crippen molar-refractivity contribution in [2.75, 3.05) is 13.7 Å². The van der Waals surface area contributed by atoms with Gasteiger partial charge < -0.3 is 9.64 Å². The lowest BCUT2D eigenvalue weighted by Gasteiger charge is -2.17. The third-order valence-corrected chi connectivity index (χ3v) is 3.37. The van der Waals surface area contributed by atoms with E-state index >= 15 is 0 Å². The Morgan fingerprint density at radius 1 is 1.33 bits per heavy atom. The van der Waals surface area contributed by atoms with Gasteiger partial charge in [-0.3, -0.25) is 9.89 Å². The van der Waals surface area contributed by atoms with Crippen LogP contribution in [0.15, 0.2) is 30.6 Å². The van der Waals surface area contributed by atoms with Crippen LogP contribution in [0.25, 0.3) is 0 Å². The molecule has 1 aromatic heterocycles. The Hall–Kier alpha value is -2.30. The molecule has 0 saturated carbocycles. The van der Waals surface area contributed by atoms with E-state index in [1.807, 2.05) is 32.0 Å². The zero-order valence-corrected chi connectivity index (χ0v) is 12.7. The van der Waals surface area contributed by atoms with E-state index in [-0.39, 0.29) is 5.91 Å². The van der Waals surface area contributed by atoms with Crippen LogP contribution in [0.4, 0.5) is 0 Å². The van der Waals surface area contributed by atoms with Crippen LogP contribution < -0.4 is 4.74 Å². The van der Waals surface area contributed by atoms with Gasteiger partial charge >= 0.3 is 0 Å². The molecule has 0 saturated heterocycles. The highest BCUT2D eigenvalue weighted by Gasteiger charge is 2.11. The number of hydrogen-bond donors (Lipinski definition) is 1. The maximum absolute atomic E-state index is 12.0. The lowest BCUT2D eigenvalue weighted by atomic mass is 10.1. The molecule has 0 aliphatic heterocycles. The molecular formula is C16H21N3O2. The zero-order valence-electron chi connectivity index (χ0n) is 12.7. The van der Waals surface area contributed by atoms with E-state index in [4.69, 9.17) is 4.74 Å². The van der Waals surface area contributed by atoms with Crippen LogP contribution in [-0.2, 0) is 11.3 Å². The maximum atomic E-state index is 12.0. The number of benzene rings is 1. The number of aromatic nitrogens is 2. The molecule has 0 fully saturated rings. The van der Waals surface area contributed by atoms with Crippen LogP contribution in [0.1, 0.15) is 23.1 Å². The molecule has 1 aromatic carbocycles. The van der Waals surface area contributed by atoms with Gasteiger partial charge in [-0.05, 0) is 25.0 Å². The van der Waals surface area contributed by atoms with Gasteiger partial charge in [-0.25, -0.2) is 0 Å². The van der Waals surface area contributed by atoms with Crippen molar-refractivity contribution >= 4 is 5.91 Å². The first-order valence-electron chi connectivity index (χ1n) is 6.98. The molecule has 0 aliphatic rings. The lowest BCUT2D eigenvalue weighted by Crippen LogP contribution is -2.27. The summed E-state index contributed by atoms with van der Waals surface area (Å²) in [6, 6.07) is 6.02. The molecule has 1 N–H and O–H groups in total. The van der Waals surface area contributed by atoms with Gasteiger partial charge in [-0.2, -0.15) is 5.10 Å². The molecule has 21 heavy (non-hydrogen) atoms. The number of carbonyl (C=O) groups is 1. The number of rotatable bonds is 6. The molecule has 0 bridgehead atoms. The minimum atomic E-state index is 0.0578. The number of hydrogen-bond acceptors (Lipinski definition) is 3. The molecule has 0 spiro atoms. The number of amides is 1. The van der Waals surface area contributed by atoms with Gasteiger partial charge in [0.05, 0.1) is 19.2 Å². The quantitative estimate of drug-likeness (QED) is 0.888. The van der Waals surface area contributed by atoms with Crippen molar-refractivity contribution in [1.29, 1.82) is 0 Å². The normalized spacial score (nSPS) is 10.4. The second-order valence-corrected chi connectivity index (χ2v) is 5.18. The second kappa shape index (κ2) is 6.92. The number of aromatic amines is 1. The molecule has 112 valence electrons. The number of H-pyrrole nitrogens is 1. The smallest absolute Gasteiger partial charge is 0.226 e. The summed E-state index contributed by atoms with van der Waals surface area (Å²) in [5.74, 6) is 0.935. The molecule has 0 aliphatic carbocycles. The average Bonchev–Trinajstić information content (AvgIpc) is 2.94. The number of para-hydroxylation sites is 1. The Kier molecular flexibility index (Phi) is 4.98. The van der Waals surface area contributed by atoms with E-state index < -0.39 is 0 Å². The summed E-state index contributed by atoms with van der Waals surface area (Å²) in [7, 11) is 1.79. The highest BCUT2D eigenvalue weighted by molar-refractivity contribution is 5.76. The highest BCUT2D eigenvalue weighted by atomic mass is 16.5. The average molecular weight is 287 g/mol. The fraction of sp³-hybridized carbons (Fsp3) is 0.375. The van der Waals surface area contributed by atoms with Gasteiger partial charge in [-0.1, -0.05) is 18.2 Å². The van der Waals surface area contributed by atoms with Crippen LogP contribution in [0, 0.1) is 13.8 Å². The number of ether oxygens (including phenoxy) is 1. The number of aryl methyl sites for hydroxylation is 2. The number of carbonyl (C=O) groups excluding carboxylic acids is 1. The van der Waals surface area contributed by atoms with E-state index in [1.165, 1.54) is 0 Å². The highest BCUT2D eigenvalue weighted by Crippen LogP contribution is 2.22. The fourth-order valence-electron chi connectivity index (χ4n) is 2.18. The molecular weight excluding hydrogens is 266 g/mol. The van der Waals surface area contributed by atoms with E-state index in [9.17, 15) is 4.79 Å². The van der Waals surface area contributed by atoms with E-state index in [2.05, 4.69) is 10.2 Å². The third kappa shape index (κ3) is 4.08. The monoisotopic (exact) mass is 287 g/mol. The standard InChI is InChI=1S/C16H21N3O2/c1-12-5-4-6-13(2)16(12)21-8-7-15(20)19(3)11-14-9-17-18-10-14/h4-6,9-10H,7-8,11H2,1-3H3,(H,17,18). The molecule has 1 heterocycles. The van der Waals surface area contributed by atoms with E-state index in [0.717, 1.165) is 22.4 Å². The van der Waals surface area contributed by atoms with Crippen LogP contribution in [0.5, 0.6) is 5.75 Å². The predicted octanol–water partition coefficient (Wildman–Crippen LogP) is 2.45. The van der Waals surface area contributed by atoms with Crippen molar-refractivity contribution in [1.82, 2.24) is 15.1 Å². The van der Waals surface area contributed by atoms with Crippen molar-refractivity contribution in [3.63, 3.8) is 0 Å². The number of nitrogens with zero attached hydrogens (tertiary/aromatic N) is 2. The second-order valence-electron chi connectivity index (χ2n) is 5.18. The van der Waals surface area contributed by atoms with Gasteiger partial charge in [0.15, 0.2) is 0 Å². The Balaban J connectivity index is 1.81. The van der Waals surface area contributed by atoms with Gasteiger partial charge in [-0.15, -0.1) is 0 Å². The van der Waals surface area contributed by atoms with Crippen molar-refractivity contribution in [3.8, 4) is 5.75 Å². The SMILES string of the molecule is Cc1cccc(C)c1OCCC(=O)N(C)Cc1cn[nH]c1. The summed E-state index contributed by atoms with van der Waals surface area (Å²) in [6.45, 7) is 4.96. The Morgan fingerprint density at radius 2 is 2.05 bits per heavy atom. The minimum absolute atomic E-state index is 0.0578. The Labute approximate surface area is 124 Å². The summed E-state index contributed by atoms with van der Waals surface area (Å²) in [5, 5.41) is 6.61. The summed E-state index contributed by atoms with van der Waals surface area (Å²) in [5.41, 5.74) is 3.17. The van der Waals surface area contributed by atoms with Crippen LogP contribution in [0.3, 0.4) is 0 Å². The fourth-order valence-corrected chi connectivity index (χ4v) is 2.18. The van der Waals surface area contributed by atoms with E-state index in [0.29, 0.717) is 19.6 Å². The predicted molar refractivity (Wildman–Crippen MR) is 81.1 cm³/mol. The van der Waals surface area contributed by atoms with Gasteiger partial charge in [0.25, 0.3) is 0 Å². The summed E-state index contributed by atoms with van der Waals surface area (Å²) in [4.78, 5) is 13.7. The lowest BCUT2D eigenvalue weighted by molar-refractivity contribution is -0.130. The van der Waals surface area contributed by atoms with Gasteiger partial charge in [0.2, 0.25) is 5.91 Å². The summed E-state index contributed by atoms with van der Waals surface area (Å²) < 4.78 is 5.76. The molecule has 5 nitrogen and oxygen atoms in total. The van der Waals surface area contributed by atoms with E-state index in [1.54, 1.807) is 24.3 Å². The van der Waals surface area contributed by atoms with Crippen molar-refractivity contribution in [3.05, 3.63) is 47.3 Å². The van der Waals surface area contributed by atoms with Crippen molar-refractivity contribution in [2.24, 2.45) is 0 Å². The first kappa shape index (κ1) is 15.1. The minimum Gasteiger partial charge on any atom is -0.493 e. The largest absolute Gasteiger partial charge is 0.493 e. The maximum Gasteiger partial charge on any atom is 0.226 e. The Bertz CT molecular complexity index is 573. The number of nitrogens with one attached hydrogen (secondary N) is 1. The molecule has 0 unspecified atom stereocenters. The summed E-state index contributed by atoms with van der Waals surface area (Å²) in [6.07, 6.45) is 3.87. The van der Waals surface area contributed by atoms with Crippen LogP contribution >= 0.6 is 0 Å². The molecule has 1 amide bonds. The topological polar surface area (TPSA) is 58.2 Å². The first-order valence-corrected chi connectivity index (χ1v) is 6.98. The molecule has 2 aromatic rings. The van der Waals surface area contributed by atoms with Gasteiger partial charge in [0, 0.05) is 25.4 Å². The zero-order chi connectivity index (χ0) is 15.2. The van der Waals surface area contributed by atoms with Gasteiger partial charge in [0.1, 0.15) is 5.75 Å². The summed E-state index contributed by atoms with van der Waals surface area (Å²) >= 11 is 0.